The van der Waals surface area contributed by atoms with E-state index in [0.717, 1.165) is 16.5 Å². The number of aromatic nitrogens is 2. The van der Waals surface area contributed by atoms with E-state index in [1.165, 1.54) is 17.2 Å². The molecule has 1 atom stereocenters. The Balaban J connectivity index is 1.73. The summed E-state index contributed by atoms with van der Waals surface area (Å²) in [7, 11) is -3.21. The molecular formula is C17H17N3O3S. The Morgan fingerprint density at radius 2 is 1.83 bits per heavy atom. The monoisotopic (exact) mass is 343 g/mol. The molecule has 0 radical (unpaired) electrons. The summed E-state index contributed by atoms with van der Waals surface area (Å²) in [6, 6.07) is 5.51. The number of nitrogens with one attached hydrogen (secondary N) is 1. The van der Waals surface area contributed by atoms with Gasteiger partial charge in [-0.25, -0.2) is 18.4 Å². The van der Waals surface area contributed by atoms with Crippen molar-refractivity contribution >= 4 is 15.7 Å². The van der Waals surface area contributed by atoms with Gasteiger partial charge in [-0.1, -0.05) is 18.2 Å². The van der Waals surface area contributed by atoms with E-state index in [2.05, 4.69) is 15.3 Å². The molecule has 1 aromatic carbocycles. The first-order valence-corrected chi connectivity index (χ1v) is 9.17. The first-order valence-electron chi connectivity index (χ1n) is 7.45. The molecule has 6 nitrogen and oxygen atoms in total. The van der Waals surface area contributed by atoms with Gasteiger partial charge in [-0.2, -0.15) is 0 Å². The van der Waals surface area contributed by atoms with Crippen molar-refractivity contribution in [2.24, 2.45) is 0 Å². The van der Waals surface area contributed by atoms with Gasteiger partial charge < -0.3 is 5.32 Å². The van der Waals surface area contributed by atoms with Gasteiger partial charge in [0.15, 0.2) is 9.84 Å². The lowest BCUT2D eigenvalue weighted by molar-refractivity contribution is 0.0937. The molecule has 2 heterocycles. The van der Waals surface area contributed by atoms with E-state index >= 15 is 0 Å². The summed E-state index contributed by atoms with van der Waals surface area (Å²) in [6.07, 6.45) is 4.64. The fraction of sp³-hybridized carbons (Fsp3) is 0.235. The van der Waals surface area contributed by atoms with Crippen molar-refractivity contribution in [3.8, 4) is 11.1 Å². The third-order valence-corrected chi connectivity index (χ3v) is 5.34. The predicted octanol–water partition coefficient (Wildman–Crippen LogP) is 1.80. The van der Waals surface area contributed by atoms with Gasteiger partial charge in [-0.3, -0.25) is 4.79 Å². The van der Waals surface area contributed by atoms with Crippen molar-refractivity contribution in [3.63, 3.8) is 0 Å². The van der Waals surface area contributed by atoms with Gasteiger partial charge in [0.05, 0.1) is 11.8 Å². The molecule has 7 heteroatoms. The van der Waals surface area contributed by atoms with E-state index in [-0.39, 0.29) is 11.6 Å². The van der Waals surface area contributed by atoms with E-state index in [4.69, 9.17) is 0 Å². The number of rotatable bonds is 3. The molecule has 0 bridgehead atoms. The topological polar surface area (TPSA) is 89.0 Å². The van der Waals surface area contributed by atoms with Gasteiger partial charge in [0.2, 0.25) is 5.82 Å². The van der Waals surface area contributed by atoms with Crippen LogP contribution in [-0.4, -0.2) is 36.1 Å². The lowest BCUT2D eigenvalue weighted by Gasteiger charge is -2.09. The Morgan fingerprint density at radius 3 is 2.42 bits per heavy atom. The van der Waals surface area contributed by atoms with E-state index in [1.807, 2.05) is 32.0 Å². The van der Waals surface area contributed by atoms with Gasteiger partial charge in [0.1, 0.15) is 0 Å². The Bertz CT molecular complexity index is 919. The van der Waals surface area contributed by atoms with Gasteiger partial charge in [-0.15, -0.1) is 0 Å². The molecule has 0 saturated carbocycles. The molecule has 1 unspecified atom stereocenters. The van der Waals surface area contributed by atoms with Crippen LogP contribution in [0.5, 0.6) is 0 Å². The van der Waals surface area contributed by atoms with Crippen molar-refractivity contribution in [2.75, 3.05) is 5.75 Å². The minimum absolute atomic E-state index is 0.0141. The number of carbonyl (C=O) groups is 1. The highest BCUT2D eigenvalue weighted by Gasteiger charge is 2.24. The Hall–Kier alpha value is -2.54. The van der Waals surface area contributed by atoms with Crippen LogP contribution in [0.25, 0.3) is 11.1 Å². The Kier molecular flexibility index (Phi) is 4.19. The average Bonchev–Trinajstić information content (AvgIpc) is 2.89. The molecule has 0 fully saturated rings. The maximum atomic E-state index is 12.1. The van der Waals surface area contributed by atoms with E-state index in [1.54, 1.807) is 12.4 Å². The zero-order valence-electron chi connectivity index (χ0n) is 13.4. The number of sulfone groups is 1. The Labute approximate surface area is 140 Å². The van der Waals surface area contributed by atoms with Crippen molar-refractivity contribution < 1.29 is 13.2 Å². The van der Waals surface area contributed by atoms with E-state index in [9.17, 15) is 13.2 Å². The number of hydrogen-bond acceptors (Lipinski definition) is 5. The van der Waals surface area contributed by atoms with Crippen LogP contribution in [0.3, 0.4) is 0 Å². The van der Waals surface area contributed by atoms with Crippen LogP contribution in [0.15, 0.2) is 42.1 Å². The second kappa shape index (κ2) is 6.16. The number of carbonyl (C=O) groups excluding carboxylic acids is 1. The summed E-state index contributed by atoms with van der Waals surface area (Å²) >= 11 is 0. The number of hydrogen-bond donors (Lipinski definition) is 1. The van der Waals surface area contributed by atoms with Crippen LogP contribution in [0.2, 0.25) is 0 Å². The van der Waals surface area contributed by atoms with Crippen molar-refractivity contribution in [1.29, 1.82) is 0 Å². The summed E-state index contributed by atoms with van der Waals surface area (Å²) in [5.74, 6) is -0.604. The van der Waals surface area contributed by atoms with E-state index < -0.39 is 21.8 Å². The number of aryl methyl sites for hydroxylation is 2. The van der Waals surface area contributed by atoms with Crippen LogP contribution in [0.1, 0.15) is 21.7 Å². The van der Waals surface area contributed by atoms with Gasteiger partial charge in [0.25, 0.3) is 5.91 Å². The molecule has 1 aromatic heterocycles. The molecule has 0 spiro atoms. The summed E-state index contributed by atoms with van der Waals surface area (Å²) in [6.45, 7) is 4.07. The molecule has 1 aliphatic heterocycles. The van der Waals surface area contributed by atoms with Gasteiger partial charge >= 0.3 is 0 Å². The molecule has 1 aliphatic rings. The van der Waals surface area contributed by atoms with Gasteiger partial charge in [0, 0.05) is 23.4 Å². The van der Waals surface area contributed by atoms with Crippen LogP contribution >= 0.6 is 0 Å². The quantitative estimate of drug-likeness (QED) is 0.918. The Morgan fingerprint density at radius 1 is 1.12 bits per heavy atom. The number of nitrogens with zero attached hydrogens (tertiary/aromatic N) is 2. The first kappa shape index (κ1) is 16.3. The molecule has 1 amide bonds. The normalized spacial score (nSPS) is 18.5. The largest absolute Gasteiger partial charge is 0.342 e. The zero-order valence-corrected chi connectivity index (χ0v) is 14.2. The number of amides is 1. The second-order valence-corrected chi connectivity index (χ2v) is 7.76. The minimum atomic E-state index is -3.21. The maximum Gasteiger partial charge on any atom is 0.289 e. The summed E-state index contributed by atoms with van der Waals surface area (Å²) in [4.78, 5) is 20.3. The molecular weight excluding hydrogens is 326 g/mol. The lowest BCUT2D eigenvalue weighted by Crippen LogP contribution is -2.36. The highest BCUT2D eigenvalue weighted by molar-refractivity contribution is 7.94. The van der Waals surface area contributed by atoms with Crippen molar-refractivity contribution in [1.82, 2.24) is 15.3 Å². The predicted molar refractivity (Wildman–Crippen MR) is 91.1 cm³/mol. The van der Waals surface area contributed by atoms with Crippen molar-refractivity contribution in [2.45, 2.75) is 19.9 Å². The SMILES string of the molecule is Cc1ccc(-c2cnc(C(=O)NC3C=CS(=O)(=O)C3)nc2)cc1C. The molecule has 1 N–H and O–H groups in total. The molecule has 2 aromatic rings. The summed E-state index contributed by atoms with van der Waals surface area (Å²) in [5, 5.41) is 3.71. The third-order valence-electron chi connectivity index (χ3n) is 3.94. The smallest absolute Gasteiger partial charge is 0.289 e. The standard InChI is InChI=1S/C17H17N3O3S/c1-11-3-4-13(7-12(11)2)14-8-18-16(19-9-14)17(21)20-15-5-6-24(22,23)10-15/h3-9,15H,10H2,1-2H3,(H,20,21). The highest BCUT2D eigenvalue weighted by atomic mass is 32.2. The number of benzene rings is 1. The summed E-state index contributed by atoms with van der Waals surface area (Å²) in [5.41, 5.74) is 4.17. The molecule has 3 rings (SSSR count). The van der Waals surface area contributed by atoms with Gasteiger partial charge in [-0.05, 0) is 36.6 Å². The molecule has 124 valence electrons. The summed E-state index contributed by atoms with van der Waals surface area (Å²) < 4.78 is 22.7. The molecule has 0 aliphatic carbocycles. The lowest BCUT2D eigenvalue weighted by atomic mass is 10.0. The van der Waals surface area contributed by atoms with Crippen LogP contribution in [-0.2, 0) is 9.84 Å². The second-order valence-electron chi connectivity index (χ2n) is 5.83. The van der Waals surface area contributed by atoms with E-state index in [0.29, 0.717) is 0 Å². The average molecular weight is 343 g/mol. The molecule has 24 heavy (non-hydrogen) atoms. The van der Waals surface area contributed by atoms with Crippen molar-refractivity contribution in [3.05, 3.63) is 59.0 Å². The van der Waals surface area contributed by atoms with Crippen LogP contribution in [0, 0.1) is 13.8 Å². The zero-order chi connectivity index (χ0) is 17.3. The third kappa shape index (κ3) is 3.51. The van der Waals surface area contributed by atoms with Crippen LogP contribution < -0.4 is 5.32 Å². The molecule has 0 saturated heterocycles. The first-order chi connectivity index (χ1) is 11.3. The fourth-order valence-corrected chi connectivity index (χ4v) is 3.65. The minimum Gasteiger partial charge on any atom is -0.342 e. The fourth-order valence-electron chi connectivity index (χ4n) is 2.41. The highest BCUT2D eigenvalue weighted by Crippen LogP contribution is 2.20. The maximum absolute atomic E-state index is 12.1. The van der Waals surface area contributed by atoms with Crippen LogP contribution in [0.4, 0.5) is 0 Å².